The Labute approximate surface area is 326 Å². The van der Waals surface area contributed by atoms with Gasteiger partial charge in [0.05, 0.1) is 23.9 Å². The molecule has 7 aliphatic rings. The van der Waals surface area contributed by atoms with Crippen LogP contribution in [0.25, 0.3) is 0 Å². The molecule has 0 aromatic heterocycles. The lowest BCUT2D eigenvalue weighted by molar-refractivity contribution is -0.304. The summed E-state index contributed by atoms with van der Waals surface area (Å²) in [6.07, 6.45) is 0.627. The van der Waals surface area contributed by atoms with Crippen molar-refractivity contribution in [3.8, 4) is 0 Å². The van der Waals surface area contributed by atoms with Crippen molar-refractivity contribution < 1.29 is 50.8 Å². The maximum Gasteiger partial charge on any atom is 0.259 e. The summed E-state index contributed by atoms with van der Waals surface area (Å²) in [6.45, 7) is 22.7. The van der Waals surface area contributed by atoms with Crippen molar-refractivity contribution in [2.45, 2.75) is 154 Å². The molecule has 6 heterocycles. The molecule has 0 amide bonds. The first kappa shape index (κ1) is 43.5. The normalized spacial score (nSPS) is 40.1. The Morgan fingerprint density at radius 3 is 1.85 bits per heavy atom. The zero-order valence-electron chi connectivity index (χ0n) is 34.6. The summed E-state index contributed by atoms with van der Waals surface area (Å²) < 4.78 is 72.2. The Bertz CT molecular complexity index is 1380. The first-order valence-corrected chi connectivity index (χ1v) is 22.6. The second kappa shape index (κ2) is 17.3. The minimum absolute atomic E-state index is 0.00399. The average Bonchev–Trinajstić information content (AvgIpc) is 3.87. The fourth-order valence-electron chi connectivity index (χ4n) is 7.61. The van der Waals surface area contributed by atoms with E-state index in [4.69, 9.17) is 50.8 Å². The zero-order chi connectivity index (χ0) is 39.3. The van der Waals surface area contributed by atoms with Gasteiger partial charge in [0, 0.05) is 19.5 Å². The van der Waals surface area contributed by atoms with Gasteiger partial charge in [-0.05, 0) is 94.7 Å². The fraction of sp³-hybridized carbons (Fsp3) is 0.838. The van der Waals surface area contributed by atoms with Gasteiger partial charge in [0.1, 0.15) is 48.8 Å². The third kappa shape index (κ3) is 9.37. The second-order valence-electron chi connectivity index (χ2n) is 16.5. The SMILES string of the molecule is CC1OCC2OC(C)[C@H]3OP(N(C)C)O[C@H]3[C@@H]2O1.CCN(CC)P1OC(C)(C)[C@@H]2OC(C)(C)O[C@H]2C(C)(C)O1.CN(C)P1O[C@@H]2Cc3ccccc3[C@@H]2O1. The molecule has 8 rings (SSSR count). The van der Waals surface area contributed by atoms with Gasteiger partial charge in [-0.3, -0.25) is 0 Å². The van der Waals surface area contributed by atoms with Gasteiger partial charge in [-0.2, -0.15) is 0 Å². The van der Waals surface area contributed by atoms with Gasteiger partial charge >= 0.3 is 0 Å². The van der Waals surface area contributed by atoms with E-state index in [-0.39, 0.29) is 61.2 Å². The summed E-state index contributed by atoms with van der Waals surface area (Å²) in [5, 5.41) is 0. The molecule has 54 heavy (non-hydrogen) atoms. The molecule has 6 aliphatic heterocycles. The van der Waals surface area contributed by atoms with Gasteiger partial charge in [0.15, 0.2) is 12.1 Å². The highest BCUT2D eigenvalue weighted by Gasteiger charge is 2.60. The van der Waals surface area contributed by atoms with Crippen LogP contribution in [0.2, 0.25) is 0 Å². The quantitative estimate of drug-likeness (QED) is 0.278. The molecule has 6 fully saturated rings. The molecule has 5 unspecified atom stereocenters. The van der Waals surface area contributed by atoms with E-state index in [1.54, 1.807) is 0 Å². The molecular formula is C37H64N3O11P3. The van der Waals surface area contributed by atoms with Gasteiger partial charge in [-0.15, -0.1) is 0 Å². The van der Waals surface area contributed by atoms with Crippen molar-refractivity contribution in [2.75, 3.05) is 47.9 Å². The lowest BCUT2D eigenvalue weighted by Crippen LogP contribution is -2.60. The van der Waals surface area contributed by atoms with E-state index in [0.29, 0.717) is 6.61 Å². The summed E-state index contributed by atoms with van der Waals surface area (Å²) in [5.74, 6) is -0.605. The third-order valence-electron chi connectivity index (χ3n) is 10.4. The second-order valence-corrected chi connectivity index (χ2v) is 21.3. The highest BCUT2D eigenvalue weighted by Crippen LogP contribution is 2.59. The monoisotopic (exact) mass is 819 g/mol. The third-order valence-corrected chi connectivity index (χ3v) is 15.7. The number of ether oxygens (including phenoxy) is 5. The molecule has 0 saturated carbocycles. The fourth-order valence-corrected chi connectivity index (χ4v) is 12.0. The van der Waals surface area contributed by atoms with E-state index < -0.39 is 42.6 Å². The van der Waals surface area contributed by atoms with Crippen molar-refractivity contribution >= 4 is 25.6 Å². The molecule has 1 aromatic carbocycles. The summed E-state index contributed by atoms with van der Waals surface area (Å²) in [5.41, 5.74) is 1.77. The van der Waals surface area contributed by atoms with Crippen LogP contribution in [0, 0.1) is 0 Å². The van der Waals surface area contributed by atoms with Gasteiger partial charge in [0.2, 0.25) is 0 Å². The summed E-state index contributed by atoms with van der Waals surface area (Å²) in [7, 11) is 4.97. The topological polar surface area (TPSA) is 111 Å². The molecule has 0 spiro atoms. The Morgan fingerprint density at radius 2 is 1.26 bits per heavy atom. The maximum atomic E-state index is 6.35. The highest BCUT2D eigenvalue weighted by atomic mass is 31.2. The largest absolute Gasteiger partial charge is 0.367 e. The van der Waals surface area contributed by atoms with Crippen LogP contribution in [0.5, 0.6) is 0 Å². The number of benzene rings is 1. The van der Waals surface area contributed by atoms with Crippen LogP contribution in [0.4, 0.5) is 0 Å². The number of rotatable bonds is 5. The Morgan fingerprint density at radius 1 is 0.685 bits per heavy atom. The smallest absolute Gasteiger partial charge is 0.259 e. The van der Waals surface area contributed by atoms with Crippen molar-refractivity contribution in [2.24, 2.45) is 0 Å². The van der Waals surface area contributed by atoms with E-state index >= 15 is 0 Å². The lowest BCUT2D eigenvalue weighted by atomic mass is 9.88. The van der Waals surface area contributed by atoms with E-state index in [2.05, 4.69) is 70.5 Å². The van der Waals surface area contributed by atoms with Gasteiger partial charge in [-0.1, -0.05) is 38.1 Å². The Kier molecular flexibility index (Phi) is 13.9. The maximum absolute atomic E-state index is 6.35. The Hall–Kier alpha value is -0.0500. The van der Waals surface area contributed by atoms with Gasteiger partial charge in [-0.25, -0.2) is 14.0 Å². The average molecular weight is 820 g/mol. The van der Waals surface area contributed by atoms with E-state index in [1.165, 1.54) is 11.1 Å². The molecule has 0 radical (unpaired) electrons. The molecule has 17 heteroatoms. The van der Waals surface area contributed by atoms with Gasteiger partial charge in [0.25, 0.3) is 25.6 Å². The lowest BCUT2D eigenvalue weighted by Gasteiger charge is -2.44. The number of hydrogen-bond acceptors (Lipinski definition) is 14. The Balaban J connectivity index is 0.000000140. The zero-order valence-corrected chi connectivity index (χ0v) is 37.3. The van der Waals surface area contributed by atoms with E-state index in [0.717, 1.165) is 19.5 Å². The molecule has 308 valence electrons. The van der Waals surface area contributed by atoms with Crippen molar-refractivity contribution in [3.63, 3.8) is 0 Å². The summed E-state index contributed by atoms with van der Waals surface area (Å²) in [4.78, 5) is 0. The first-order chi connectivity index (χ1) is 25.3. The molecule has 1 aliphatic carbocycles. The van der Waals surface area contributed by atoms with E-state index in [1.807, 2.05) is 65.2 Å². The molecule has 1 aromatic rings. The van der Waals surface area contributed by atoms with Crippen LogP contribution >= 0.6 is 25.6 Å². The van der Waals surface area contributed by atoms with Crippen LogP contribution < -0.4 is 0 Å². The van der Waals surface area contributed by atoms with Crippen LogP contribution in [-0.4, -0.2) is 134 Å². The van der Waals surface area contributed by atoms with Crippen LogP contribution in [-0.2, 0) is 57.2 Å². The van der Waals surface area contributed by atoms with Crippen LogP contribution in [0.1, 0.15) is 86.5 Å². The van der Waals surface area contributed by atoms with Crippen LogP contribution in [0.15, 0.2) is 24.3 Å². The molecular weight excluding hydrogens is 755 g/mol. The number of nitrogens with zero attached hydrogens (tertiary/aromatic N) is 3. The minimum Gasteiger partial charge on any atom is -0.367 e. The van der Waals surface area contributed by atoms with Crippen molar-refractivity contribution in [1.82, 2.24) is 14.0 Å². The van der Waals surface area contributed by atoms with Crippen molar-refractivity contribution in [1.29, 1.82) is 0 Å². The van der Waals surface area contributed by atoms with E-state index in [9.17, 15) is 0 Å². The molecule has 6 saturated heterocycles. The standard InChI is InChI=1S/C15H30NO4P.C11H20NO5P.C11H14NO2P/c1-9-16(10-2)21-19-13(3,4)11-12(14(5,6)20-21)18-15(7,8)17-11;1-6-9-11(17-18(16-9)12(3)4)10-8(14-6)5-13-7(2)15-10;1-12(2)15-13-10-7-8-5-3-4-6-9(8)11(10)14-15/h11-12H,9-10H2,1-8H3;6-11H,5H2,1-4H3;3-6,10-11H,7H2,1-2H3/t11-,12-;6?,7?,8?,9-,10-,11-,18?;10-,11+,15?/m111/s1. The molecule has 12 atom stereocenters. The first-order valence-electron chi connectivity index (χ1n) is 19.2. The number of fused-ring (bicyclic) bond motifs is 7. The predicted molar refractivity (Wildman–Crippen MR) is 208 cm³/mol. The van der Waals surface area contributed by atoms with Crippen LogP contribution in [0.3, 0.4) is 0 Å². The van der Waals surface area contributed by atoms with Crippen molar-refractivity contribution in [3.05, 3.63) is 35.4 Å². The predicted octanol–water partition coefficient (Wildman–Crippen LogP) is 7.27. The molecule has 0 N–H and O–H groups in total. The molecule has 0 bridgehead atoms. The molecule has 14 nitrogen and oxygen atoms in total. The summed E-state index contributed by atoms with van der Waals surface area (Å²) >= 11 is 0. The summed E-state index contributed by atoms with van der Waals surface area (Å²) in [6, 6.07) is 8.46. The van der Waals surface area contributed by atoms with Gasteiger partial charge < -0.3 is 50.8 Å². The minimum atomic E-state index is -1.12. The number of hydrogen-bond donors (Lipinski definition) is 0. The highest BCUT2D eigenvalue weighted by molar-refractivity contribution is 7.45.